The summed E-state index contributed by atoms with van der Waals surface area (Å²) >= 11 is 0. The van der Waals surface area contributed by atoms with Gasteiger partial charge in [-0.25, -0.2) is 4.79 Å². The normalized spacial score (nSPS) is 13.3. The van der Waals surface area contributed by atoms with Crippen LogP contribution in [0.4, 0.5) is 0 Å². The molecule has 23 heavy (non-hydrogen) atoms. The van der Waals surface area contributed by atoms with Crippen LogP contribution in [0.25, 0.3) is 22.2 Å². The maximum Gasteiger partial charge on any atom is 0.348 e. The van der Waals surface area contributed by atoms with Crippen molar-refractivity contribution in [2.24, 2.45) is 0 Å². The zero-order valence-electron chi connectivity index (χ0n) is 13.2. The van der Waals surface area contributed by atoms with Gasteiger partial charge in [-0.15, -0.1) is 0 Å². The molecule has 0 saturated carbocycles. The number of hydrogen-bond donors (Lipinski definition) is 0. The summed E-state index contributed by atoms with van der Waals surface area (Å²) in [6.07, 6.45) is 0.852. The summed E-state index contributed by atoms with van der Waals surface area (Å²) in [7, 11) is 0. The van der Waals surface area contributed by atoms with Crippen molar-refractivity contribution in [3.05, 3.63) is 58.5 Å². The Hall–Kier alpha value is -2.62. The molecule has 0 fully saturated rings. The molecule has 1 aromatic heterocycles. The third-order valence-corrected chi connectivity index (χ3v) is 4.33. The van der Waals surface area contributed by atoms with E-state index >= 15 is 0 Å². The summed E-state index contributed by atoms with van der Waals surface area (Å²) in [5.74, 6) is 0.908. The van der Waals surface area contributed by atoms with Crippen molar-refractivity contribution in [3.63, 3.8) is 0 Å². The van der Waals surface area contributed by atoms with Crippen LogP contribution in [-0.4, -0.2) is 16.2 Å². The highest BCUT2D eigenvalue weighted by molar-refractivity contribution is 5.96. The molecule has 0 amide bonds. The van der Waals surface area contributed by atoms with Crippen molar-refractivity contribution in [2.45, 2.75) is 26.3 Å². The van der Waals surface area contributed by atoms with E-state index in [1.54, 1.807) is 4.57 Å². The summed E-state index contributed by atoms with van der Waals surface area (Å²) in [6.45, 7) is 4.70. The van der Waals surface area contributed by atoms with Gasteiger partial charge in [0, 0.05) is 29.0 Å². The zero-order chi connectivity index (χ0) is 16.0. The molecule has 0 aliphatic carbocycles. The monoisotopic (exact) mass is 306 g/mol. The second-order valence-corrected chi connectivity index (χ2v) is 6.11. The van der Waals surface area contributed by atoms with Crippen molar-refractivity contribution in [1.82, 2.24) is 9.55 Å². The second-order valence-electron chi connectivity index (χ2n) is 6.11. The highest BCUT2D eigenvalue weighted by Crippen LogP contribution is 2.37. The molecule has 0 atom stereocenters. The lowest BCUT2D eigenvalue weighted by atomic mass is 10.00. The minimum atomic E-state index is -0.204. The molecule has 3 aromatic rings. The molecule has 2 aromatic carbocycles. The lowest BCUT2D eigenvalue weighted by Crippen LogP contribution is -2.25. The lowest BCUT2D eigenvalue weighted by molar-refractivity contribution is 0.357. The van der Waals surface area contributed by atoms with Gasteiger partial charge in [0.25, 0.3) is 0 Å². The number of fused-ring (bicyclic) bond motifs is 3. The molecule has 2 heterocycles. The van der Waals surface area contributed by atoms with Crippen molar-refractivity contribution < 1.29 is 4.74 Å². The molecule has 4 rings (SSSR count). The van der Waals surface area contributed by atoms with Crippen molar-refractivity contribution in [2.75, 3.05) is 6.61 Å². The van der Waals surface area contributed by atoms with E-state index in [0.717, 1.165) is 39.9 Å². The van der Waals surface area contributed by atoms with E-state index in [0.29, 0.717) is 6.61 Å². The predicted octanol–water partition coefficient (Wildman–Crippen LogP) is 3.58. The standard InChI is InChI=1S/C19H18N2O2/c1-12(2)21-15-8-9-16-14(10-11-23-16)17(15)18(20-19(21)22)13-6-4-3-5-7-13/h3-9,12H,10-11H2,1-2H3. The average Bonchev–Trinajstić information content (AvgIpc) is 3.03. The van der Waals surface area contributed by atoms with Gasteiger partial charge in [-0.2, -0.15) is 4.98 Å². The number of aromatic nitrogens is 2. The first-order chi connectivity index (χ1) is 11.2. The fourth-order valence-electron chi connectivity index (χ4n) is 3.34. The van der Waals surface area contributed by atoms with Crippen LogP contribution < -0.4 is 10.4 Å². The Morgan fingerprint density at radius 1 is 1.13 bits per heavy atom. The smallest absolute Gasteiger partial charge is 0.348 e. The first-order valence-electron chi connectivity index (χ1n) is 7.93. The molecular weight excluding hydrogens is 288 g/mol. The van der Waals surface area contributed by atoms with Gasteiger partial charge in [0.05, 0.1) is 17.8 Å². The van der Waals surface area contributed by atoms with E-state index in [1.165, 1.54) is 0 Å². The summed E-state index contributed by atoms with van der Waals surface area (Å²) in [5, 5.41) is 1.04. The maximum atomic E-state index is 12.6. The van der Waals surface area contributed by atoms with E-state index < -0.39 is 0 Å². The zero-order valence-corrected chi connectivity index (χ0v) is 13.2. The molecule has 0 saturated heterocycles. The summed E-state index contributed by atoms with van der Waals surface area (Å²) in [5.41, 5.74) is 3.60. The van der Waals surface area contributed by atoms with Crippen LogP contribution in [-0.2, 0) is 6.42 Å². The lowest BCUT2D eigenvalue weighted by Gasteiger charge is -2.17. The van der Waals surface area contributed by atoms with Crippen molar-refractivity contribution in [1.29, 1.82) is 0 Å². The molecule has 0 spiro atoms. The van der Waals surface area contributed by atoms with Crippen LogP contribution in [0, 0.1) is 0 Å². The van der Waals surface area contributed by atoms with Gasteiger partial charge in [-0.3, -0.25) is 4.57 Å². The van der Waals surface area contributed by atoms with Crippen molar-refractivity contribution >= 4 is 10.9 Å². The fraction of sp³-hybridized carbons (Fsp3) is 0.263. The average molecular weight is 306 g/mol. The van der Waals surface area contributed by atoms with Gasteiger partial charge in [0.15, 0.2) is 0 Å². The van der Waals surface area contributed by atoms with Crippen LogP contribution in [0.1, 0.15) is 25.5 Å². The molecule has 0 N–H and O–H groups in total. The molecule has 4 nitrogen and oxygen atoms in total. The molecule has 0 bridgehead atoms. The Bertz CT molecular complexity index is 943. The number of nitrogens with zero attached hydrogens (tertiary/aromatic N) is 2. The minimum absolute atomic E-state index is 0.0581. The van der Waals surface area contributed by atoms with E-state index in [2.05, 4.69) is 4.98 Å². The SMILES string of the molecule is CC(C)n1c(=O)nc(-c2ccccc2)c2c3c(ccc21)OCC3. The van der Waals surface area contributed by atoms with Gasteiger partial charge < -0.3 is 4.74 Å². The molecule has 0 unspecified atom stereocenters. The van der Waals surface area contributed by atoms with Crippen LogP contribution in [0.15, 0.2) is 47.3 Å². The van der Waals surface area contributed by atoms with Gasteiger partial charge >= 0.3 is 5.69 Å². The molecular formula is C19H18N2O2. The third-order valence-electron chi connectivity index (χ3n) is 4.33. The Morgan fingerprint density at radius 3 is 2.65 bits per heavy atom. The Labute approximate surface area is 134 Å². The van der Waals surface area contributed by atoms with Crippen LogP contribution in [0.2, 0.25) is 0 Å². The van der Waals surface area contributed by atoms with Crippen LogP contribution in [0.5, 0.6) is 5.75 Å². The van der Waals surface area contributed by atoms with Gasteiger partial charge in [0.2, 0.25) is 0 Å². The highest BCUT2D eigenvalue weighted by atomic mass is 16.5. The number of hydrogen-bond acceptors (Lipinski definition) is 3. The van der Waals surface area contributed by atoms with Gasteiger partial charge in [0.1, 0.15) is 5.75 Å². The second kappa shape index (κ2) is 5.23. The van der Waals surface area contributed by atoms with Crippen LogP contribution in [0.3, 0.4) is 0 Å². The molecule has 116 valence electrons. The topological polar surface area (TPSA) is 44.1 Å². The maximum absolute atomic E-state index is 12.6. The largest absolute Gasteiger partial charge is 0.493 e. The molecule has 4 heteroatoms. The first kappa shape index (κ1) is 14.0. The van der Waals surface area contributed by atoms with E-state index in [4.69, 9.17) is 4.74 Å². The van der Waals surface area contributed by atoms with E-state index in [1.807, 2.05) is 56.3 Å². The number of benzene rings is 2. The summed E-state index contributed by atoms with van der Waals surface area (Å²) < 4.78 is 7.48. The highest BCUT2D eigenvalue weighted by Gasteiger charge is 2.22. The van der Waals surface area contributed by atoms with E-state index in [9.17, 15) is 4.79 Å². The summed E-state index contributed by atoms with van der Waals surface area (Å²) in [6, 6.07) is 13.9. The van der Waals surface area contributed by atoms with Gasteiger partial charge in [-0.1, -0.05) is 30.3 Å². The minimum Gasteiger partial charge on any atom is -0.493 e. The third kappa shape index (κ3) is 2.13. The van der Waals surface area contributed by atoms with Crippen LogP contribution >= 0.6 is 0 Å². The molecule has 1 aliphatic heterocycles. The Morgan fingerprint density at radius 2 is 1.91 bits per heavy atom. The summed E-state index contributed by atoms with van der Waals surface area (Å²) in [4.78, 5) is 17.0. The van der Waals surface area contributed by atoms with E-state index in [-0.39, 0.29) is 11.7 Å². The predicted molar refractivity (Wildman–Crippen MR) is 91.0 cm³/mol. The number of ether oxygens (including phenoxy) is 1. The molecule has 0 radical (unpaired) electrons. The number of rotatable bonds is 2. The quantitative estimate of drug-likeness (QED) is 0.727. The Balaban J connectivity index is 2.17. The fourth-order valence-corrected chi connectivity index (χ4v) is 3.34. The Kier molecular flexibility index (Phi) is 3.18. The molecule has 1 aliphatic rings. The van der Waals surface area contributed by atoms with Crippen molar-refractivity contribution in [3.8, 4) is 17.0 Å². The van der Waals surface area contributed by atoms with Gasteiger partial charge in [-0.05, 0) is 26.0 Å². The first-order valence-corrected chi connectivity index (χ1v) is 7.93.